The van der Waals surface area contributed by atoms with Gasteiger partial charge in [0.1, 0.15) is 5.82 Å². The van der Waals surface area contributed by atoms with Crippen LogP contribution in [0.4, 0.5) is 4.39 Å². The Morgan fingerprint density at radius 3 is 2.61 bits per heavy atom. The van der Waals surface area contributed by atoms with Crippen LogP contribution in [0, 0.1) is 12.7 Å². The molecular formula is C14H23FN2O. The van der Waals surface area contributed by atoms with Gasteiger partial charge in [-0.25, -0.2) is 4.39 Å². The summed E-state index contributed by atoms with van der Waals surface area (Å²) in [4.78, 5) is 2.10. The van der Waals surface area contributed by atoms with E-state index in [0.717, 1.165) is 12.1 Å². The second kappa shape index (κ2) is 6.83. The normalized spacial score (nSPS) is 14.8. The predicted molar refractivity (Wildman–Crippen MR) is 72.0 cm³/mol. The number of benzene rings is 1. The maximum absolute atomic E-state index is 13.6. The number of methoxy groups -OCH3 is 1. The van der Waals surface area contributed by atoms with Gasteiger partial charge in [0.15, 0.2) is 0 Å². The van der Waals surface area contributed by atoms with Crippen LogP contribution >= 0.6 is 0 Å². The molecular weight excluding hydrogens is 231 g/mol. The zero-order chi connectivity index (χ0) is 13.7. The second-order valence-electron chi connectivity index (χ2n) is 4.75. The third-order valence-electron chi connectivity index (χ3n) is 3.28. The van der Waals surface area contributed by atoms with E-state index >= 15 is 0 Å². The fourth-order valence-electron chi connectivity index (χ4n) is 1.99. The standard InChI is InChI=1S/C14H23FN2O/c1-10-5-6-12(7-13(10)15)14(8-16)17(3)9-11(2)18-4/h5-7,11,14H,8-9,16H2,1-4H3. The molecule has 3 nitrogen and oxygen atoms in total. The lowest BCUT2D eigenvalue weighted by Gasteiger charge is -2.29. The highest BCUT2D eigenvalue weighted by Gasteiger charge is 2.18. The summed E-state index contributed by atoms with van der Waals surface area (Å²) < 4.78 is 18.8. The number of ether oxygens (including phenoxy) is 1. The quantitative estimate of drug-likeness (QED) is 0.845. The SMILES string of the molecule is COC(C)CN(C)C(CN)c1ccc(C)c(F)c1. The number of aryl methyl sites for hydroxylation is 1. The Morgan fingerprint density at radius 2 is 2.11 bits per heavy atom. The van der Waals surface area contributed by atoms with Crippen LogP contribution in [0.25, 0.3) is 0 Å². The van der Waals surface area contributed by atoms with Gasteiger partial charge in [0.2, 0.25) is 0 Å². The highest BCUT2D eigenvalue weighted by Crippen LogP contribution is 2.21. The van der Waals surface area contributed by atoms with Crippen molar-refractivity contribution in [2.75, 3.05) is 27.2 Å². The molecule has 0 spiro atoms. The number of likely N-dealkylation sites (N-methyl/N-ethyl adjacent to an activating group) is 1. The lowest BCUT2D eigenvalue weighted by Crippen LogP contribution is -2.36. The summed E-state index contributed by atoms with van der Waals surface area (Å²) in [5.74, 6) is -0.181. The van der Waals surface area contributed by atoms with Gasteiger partial charge >= 0.3 is 0 Å². The Balaban J connectivity index is 2.84. The molecule has 2 unspecified atom stereocenters. The summed E-state index contributed by atoms with van der Waals surface area (Å²) in [5, 5.41) is 0. The third kappa shape index (κ3) is 3.77. The minimum atomic E-state index is -0.181. The van der Waals surface area contributed by atoms with Crippen LogP contribution in [0.1, 0.15) is 24.1 Å². The highest BCUT2D eigenvalue weighted by atomic mass is 19.1. The molecule has 0 heterocycles. The first-order chi connectivity index (χ1) is 8.49. The van der Waals surface area contributed by atoms with Crippen LogP contribution in [0.15, 0.2) is 18.2 Å². The van der Waals surface area contributed by atoms with E-state index < -0.39 is 0 Å². The Kier molecular flexibility index (Phi) is 5.72. The smallest absolute Gasteiger partial charge is 0.126 e. The number of hydrogen-bond acceptors (Lipinski definition) is 3. The van der Waals surface area contributed by atoms with Crippen molar-refractivity contribution in [3.8, 4) is 0 Å². The van der Waals surface area contributed by atoms with Crippen LogP contribution < -0.4 is 5.73 Å². The van der Waals surface area contributed by atoms with Gasteiger partial charge < -0.3 is 10.5 Å². The summed E-state index contributed by atoms with van der Waals surface area (Å²) in [5.41, 5.74) is 7.37. The zero-order valence-electron chi connectivity index (χ0n) is 11.6. The number of halogens is 1. The molecule has 18 heavy (non-hydrogen) atoms. The van der Waals surface area contributed by atoms with E-state index in [4.69, 9.17) is 10.5 Å². The molecule has 0 amide bonds. The van der Waals surface area contributed by atoms with Crippen molar-refractivity contribution in [3.63, 3.8) is 0 Å². The molecule has 1 aromatic rings. The van der Waals surface area contributed by atoms with Crippen LogP contribution in [-0.2, 0) is 4.74 Å². The molecule has 0 bridgehead atoms. The number of hydrogen-bond donors (Lipinski definition) is 1. The predicted octanol–water partition coefficient (Wildman–Crippen LogP) is 2.10. The van der Waals surface area contributed by atoms with Crippen LogP contribution in [0.3, 0.4) is 0 Å². The number of nitrogens with zero attached hydrogens (tertiary/aromatic N) is 1. The summed E-state index contributed by atoms with van der Waals surface area (Å²) >= 11 is 0. The van der Waals surface area contributed by atoms with E-state index in [9.17, 15) is 4.39 Å². The summed E-state index contributed by atoms with van der Waals surface area (Å²) in [6.45, 7) is 4.97. The van der Waals surface area contributed by atoms with Gasteiger partial charge in [0.25, 0.3) is 0 Å². The molecule has 2 atom stereocenters. The largest absolute Gasteiger partial charge is 0.380 e. The average molecular weight is 254 g/mol. The third-order valence-corrected chi connectivity index (χ3v) is 3.28. The van der Waals surface area contributed by atoms with E-state index in [1.807, 2.05) is 20.0 Å². The van der Waals surface area contributed by atoms with Crippen molar-refractivity contribution in [1.29, 1.82) is 0 Å². The average Bonchev–Trinajstić information content (AvgIpc) is 2.34. The Morgan fingerprint density at radius 1 is 1.44 bits per heavy atom. The summed E-state index contributed by atoms with van der Waals surface area (Å²) in [6.07, 6.45) is 0.124. The summed E-state index contributed by atoms with van der Waals surface area (Å²) in [6, 6.07) is 5.31. The second-order valence-corrected chi connectivity index (χ2v) is 4.75. The van der Waals surface area contributed by atoms with Gasteiger partial charge in [-0.2, -0.15) is 0 Å². The van der Waals surface area contributed by atoms with Crippen molar-refractivity contribution < 1.29 is 9.13 Å². The van der Waals surface area contributed by atoms with E-state index in [2.05, 4.69) is 4.90 Å². The van der Waals surface area contributed by atoms with Gasteiger partial charge in [-0.05, 0) is 38.1 Å². The van der Waals surface area contributed by atoms with E-state index in [-0.39, 0.29) is 18.0 Å². The first-order valence-electron chi connectivity index (χ1n) is 6.18. The molecule has 2 N–H and O–H groups in total. The Labute approximate surface area is 109 Å². The molecule has 0 aliphatic rings. The van der Waals surface area contributed by atoms with Crippen molar-refractivity contribution in [2.45, 2.75) is 26.0 Å². The van der Waals surface area contributed by atoms with Gasteiger partial charge in [-0.1, -0.05) is 12.1 Å². The zero-order valence-corrected chi connectivity index (χ0v) is 11.6. The van der Waals surface area contributed by atoms with Gasteiger partial charge in [-0.3, -0.25) is 4.90 Å². The fraction of sp³-hybridized carbons (Fsp3) is 0.571. The maximum atomic E-state index is 13.6. The van der Waals surface area contributed by atoms with Crippen LogP contribution in [-0.4, -0.2) is 38.3 Å². The first-order valence-corrected chi connectivity index (χ1v) is 6.18. The minimum absolute atomic E-state index is 0.0118. The first kappa shape index (κ1) is 15.1. The van der Waals surface area contributed by atoms with Gasteiger partial charge in [0, 0.05) is 26.2 Å². The molecule has 0 radical (unpaired) electrons. The maximum Gasteiger partial charge on any atom is 0.126 e. The number of rotatable bonds is 6. The Bertz CT molecular complexity index is 384. The van der Waals surface area contributed by atoms with E-state index in [1.54, 1.807) is 26.2 Å². The fourth-order valence-corrected chi connectivity index (χ4v) is 1.99. The number of nitrogens with two attached hydrogens (primary N) is 1. The van der Waals surface area contributed by atoms with Crippen LogP contribution in [0.5, 0.6) is 0 Å². The lowest BCUT2D eigenvalue weighted by molar-refractivity contribution is 0.0724. The molecule has 0 fully saturated rings. The molecule has 1 aromatic carbocycles. The molecule has 4 heteroatoms. The molecule has 0 aliphatic carbocycles. The van der Waals surface area contributed by atoms with Gasteiger partial charge in [-0.15, -0.1) is 0 Å². The molecule has 0 saturated carbocycles. The van der Waals surface area contributed by atoms with Crippen molar-refractivity contribution in [1.82, 2.24) is 4.90 Å². The van der Waals surface area contributed by atoms with E-state index in [1.165, 1.54) is 0 Å². The van der Waals surface area contributed by atoms with Crippen molar-refractivity contribution in [2.24, 2.45) is 5.73 Å². The van der Waals surface area contributed by atoms with Crippen molar-refractivity contribution >= 4 is 0 Å². The lowest BCUT2D eigenvalue weighted by atomic mass is 10.0. The van der Waals surface area contributed by atoms with Gasteiger partial charge in [0.05, 0.1) is 6.10 Å². The van der Waals surface area contributed by atoms with Crippen molar-refractivity contribution in [3.05, 3.63) is 35.1 Å². The molecule has 102 valence electrons. The molecule has 0 aromatic heterocycles. The minimum Gasteiger partial charge on any atom is -0.380 e. The molecule has 0 aliphatic heterocycles. The Hall–Kier alpha value is -0.970. The monoisotopic (exact) mass is 254 g/mol. The highest BCUT2D eigenvalue weighted by molar-refractivity contribution is 5.26. The molecule has 1 rings (SSSR count). The summed E-state index contributed by atoms with van der Waals surface area (Å²) in [7, 11) is 3.66. The molecule has 0 saturated heterocycles. The topological polar surface area (TPSA) is 38.5 Å². The van der Waals surface area contributed by atoms with Crippen LogP contribution in [0.2, 0.25) is 0 Å². The van der Waals surface area contributed by atoms with E-state index in [0.29, 0.717) is 12.1 Å².